The van der Waals surface area contributed by atoms with Gasteiger partial charge in [0, 0.05) is 34.5 Å². The number of halogens is 1. The quantitative estimate of drug-likeness (QED) is 0.476. The lowest BCUT2D eigenvalue weighted by Gasteiger charge is -2.09. The third-order valence-corrected chi connectivity index (χ3v) is 5.41. The van der Waals surface area contributed by atoms with Crippen molar-refractivity contribution in [1.82, 2.24) is 15.0 Å². The Hall–Kier alpha value is -3.43. The fourth-order valence-corrected chi connectivity index (χ4v) is 3.82. The van der Waals surface area contributed by atoms with Gasteiger partial charge in [-0.3, -0.25) is 19.8 Å². The normalized spacial score (nSPS) is 10.8. The Morgan fingerprint density at radius 3 is 2.73 bits per heavy atom. The van der Waals surface area contributed by atoms with Gasteiger partial charge >= 0.3 is 0 Å². The first-order chi connectivity index (χ1) is 14.5. The number of hydrogen-bond donors (Lipinski definition) is 2. The van der Waals surface area contributed by atoms with Crippen LogP contribution >= 0.6 is 22.9 Å². The lowest BCUT2D eigenvalue weighted by molar-refractivity contribution is -0.117. The van der Waals surface area contributed by atoms with E-state index in [0.717, 1.165) is 4.68 Å². The van der Waals surface area contributed by atoms with Crippen molar-refractivity contribution in [1.29, 1.82) is 0 Å². The zero-order valence-corrected chi connectivity index (χ0v) is 17.0. The summed E-state index contributed by atoms with van der Waals surface area (Å²) in [6, 6.07) is 9.89. The molecule has 0 saturated heterocycles. The summed E-state index contributed by atoms with van der Waals surface area (Å²) in [7, 11) is 0. The summed E-state index contributed by atoms with van der Waals surface area (Å²) in [6.07, 6.45) is 2.77. The van der Waals surface area contributed by atoms with Gasteiger partial charge in [0.1, 0.15) is 16.9 Å². The molecule has 0 fully saturated rings. The molecule has 0 unspecified atom stereocenters. The second-order valence-corrected chi connectivity index (χ2v) is 7.57. The number of fused-ring (bicyclic) bond motifs is 1. The third-order valence-electron chi connectivity index (χ3n) is 4.27. The molecule has 3 heterocycles. The minimum atomic E-state index is -0.440. The maximum atomic E-state index is 12.8. The first kappa shape index (κ1) is 19.9. The second kappa shape index (κ2) is 8.52. The number of amides is 2. The molecular weight excluding hydrogens is 428 g/mol. The molecular formula is C20H15ClN4O4S. The van der Waals surface area contributed by atoms with Crippen molar-refractivity contribution >= 4 is 45.0 Å². The van der Waals surface area contributed by atoms with Crippen LogP contribution in [0.5, 0.6) is 0 Å². The topological polar surface area (TPSA) is 106 Å². The molecule has 152 valence electrons. The molecule has 0 atom stereocenters. The number of carbonyl (C=O) groups excluding carboxylic acids is 2. The molecule has 3 aromatic heterocycles. The van der Waals surface area contributed by atoms with Crippen LogP contribution in [0.25, 0.3) is 21.5 Å². The van der Waals surface area contributed by atoms with E-state index in [-0.39, 0.29) is 18.9 Å². The number of benzene rings is 1. The summed E-state index contributed by atoms with van der Waals surface area (Å²) in [5.41, 5.74) is 3.14. The predicted octanol–water partition coefficient (Wildman–Crippen LogP) is 3.26. The predicted molar refractivity (Wildman–Crippen MR) is 114 cm³/mol. The van der Waals surface area contributed by atoms with E-state index in [2.05, 4.69) is 15.7 Å². The van der Waals surface area contributed by atoms with Gasteiger partial charge in [-0.15, -0.1) is 11.3 Å². The van der Waals surface area contributed by atoms with Crippen LogP contribution in [0.2, 0.25) is 5.02 Å². The minimum absolute atomic E-state index is 0.0154. The molecule has 10 heteroatoms. The lowest BCUT2D eigenvalue weighted by Crippen LogP contribution is -2.35. The molecule has 8 nitrogen and oxygen atoms in total. The van der Waals surface area contributed by atoms with Crippen molar-refractivity contribution in [3.05, 3.63) is 75.3 Å². The lowest BCUT2D eigenvalue weighted by atomic mass is 10.2. The summed E-state index contributed by atoms with van der Waals surface area (Å²) in [4.78, 5) is 41.9. The van der Waals surface area contributed by atoms with E-state index in [0.29, 0.717) is 32.1 Å². The van der Waals surface area contributed by atoms with Gasteiger partial charge < -0.3 is 9.73 Å². The molecule has 0 radical (unpaired) electrons. The number of furan rings is 1. The number of carbonyl (C=O) groups is 2. The summed E-state index contributed by atoms with van der Waals surface area (Å²) < 4.78 is 6.41. The van der Waals surface area contributed by atoms with Gasteiger partial charge in [-0.1, -0.05) is 11.6 Å². The molecule has 1 aromatic carbocycles. The smallest absolute Gasteiger partial charge is 0.281 e. The Balaban J connectivity index is 1.41. The van der Waals surface area contributed by atoms with Crippen LogP contribution in [0.3, 0.4) is 0 Å². The maximum Gasteiger partial charge on any atom is 0.281 e. The molecule has 0 aliphatic heterocycles. The molecule has 0 spiro atoms. The van der Waals surface area contributed by atoms with Crippen LogP contribution in [0.4, 0.5) is 0 Å². The summed E-state index contributed by atoms with van der Waals surface area (Å²) in [5, 5.41) is 5.33. The van der Waals surface area contributed by atoms with Crippen molar-refractivity contribution < 1.29 is 14.0 Å². The second-order valence-electron chi connectivity index (χ2n) is 6.27. The van der Waals surface area contributed by atoms with Crippen molar-refractivity contribution in [2.45, 2.75) is 6.42 Å². The van der Waals surface area contributed by atoms with Crippen molar-refractivity contribution in [3.63, 3.8) is 0 Å². The molecule has 0 aliphatic rings. The molecule has 2 N–H and O–H groups in total. The Labute approximate surface area is 179 Å². The maximum absolute atomic E-state index is 12.8. The largest absolute Gasteiger partial charge is 0.464 e. The minimum Gasteiger partial charge on any atom is -0.464 e. The van der Waals surface area contributed by atoms with Gasteiger partial charge in [0.25, 0.3) is 11.5 Å². The number of nitrogens with zero attached hydrogens (tertiary/aromatic N) is 2. The Morgan fingerprint density at radius 2 is 2.00 bits per heavy atom. The van der Waals surface area contributed by atoms with E-state index in [1.807, 2.05) is 0 Å². The highest BCUT2D eigenvalue weighted by Gasteiger charge is 2.16. The van der Waals surface area contributed by atoms with Gasteiger partial charge in [0.05, 0.1) is 11.6 Å². The Bertz CT molecular complexity index is 1260. The average Bonchev–Trinajstić information content (AvgIpc) is 3.40. The first-order valence-corrected chi connectivity index (χ1v) is 10.1. The number of hydrogen-bond acceptors (Lipinski definition) is 6. The number of thiophene rings is 1. The van der Waals surface area contributed by atoms with Crippen molar-refractivity contribution in [3.8, 4) is 11.3 Å². The van der Waals surface area contributed by atoms with E-state index in [4.69, 9.17) is 16.0 Å². The van der Waals surface area contributed by atoms with E-state index in [1.165, 1.54) is 23.9 Å². The Kier molecular flexibility index (Phi) is 5.64. The molecule has 0 bridgehead atoms. The van der Waals surface area contributed by atoms with Crippen LogP contribution < -0.4 is 16.3 Å². The first-order valence-electron chi connectivity index (χ1n) is 8.89. The zero-order valence-electron chi connectivity index (χ0n) is 15.4. The fourth-order valence-electron chi connectivity index (χ4n) is 2.81. The van der Waals surface area contributed by atoms with Crippen molar-refractivity contribution in [2.24, 2.45) is 0 Å². The molecule has 0 saturated carbocycles. The highest BCUT2D eigenvalue weighted by molar-refractivity contribution is 7.17. The van der Waals surface area contributed by atoms with Crippen LogP contribution in [0, 0.1) is 0 Å². The van der Waals surface area contributed by atoms with Crippen LogP contribution in [-0.4, -0.2) is 28.0 Å². The van der Waals surface area contributed by atoms with E-state index >= 15 is 0 Å². The SMILES string of the molecule is O=C(CCNC(=O)c1ccc(Cl)cc1)Nn1cnc2scc(-c3ccco3)c2c1=O. The molecule has 4 rings (SSSR count). The van der Waals surface area contributed by atoms with E-state index < -0.39 is 11.5 Å². The van der Waals surface area contributed by atoms with Crippen LogP contribution in [0.1, 0.15) is 16.8 Å². The average molecular weight is 443 g/mol. The van der Waals surface area contributed by atoms with Gasteiger partial charge in [-0.2, -0.15) is 0 Å². The fraction of sp³-hybridized carbons (Fsp3) is 0.100. The molecule has 4 aromatic rings. The third kappa shape index (κ3) is 4.12. The van der Waals surface area contributed by atoms with Gasteiger partial charge in [0.2, 0.25) is 5.91 Å². The van der Waals surface area contributed by atoms with Crippen LogP contribution in [-0.2, 0) is 4.79 Å². The summed E-state index contributed by atoms with van der Waals surface area (Å²) in [5.74, 6) is -0.209. The highest BCUT2D eigenvalue weighted by atomic mass is 35.5. The zero-order chi connectivity index (χ0) is 21.1. The van der Waals surface area contributed by atoms with E-state index in [9.17, 15) is 14.4 Å². The standard InChI is InChI=1S/C20H15ClN4O4S/c21-13-5-3-12(4-6-13)18(27)22-8-7-16(26)24-25-11-23-19-17(20(25)28)14(10-30-19)15-2-1-9-29-15/h1-6,9-11H,7-8H2,(H,22,27)(H,24,26). The Morgan fingerprint density at radius 1 is 1.20 bits per heavy atom. The van der Waals surface area contributed by atoms with E-state index in [1.54, 1.807) is 41.8 Å². The summed E-state index contributed by atoms with van der Waals surface area (Å²) >= 11 is 7.11. The number of nitrogens with one attached hydrogen (secondary N) is 2. The highest BCUT2D eigenvalue weighted by Crippen LogP contribution is 2.30. The van der Waals surface area contributed by atoms with Gasteiger partial charge in [-0.25, -0.2) is 9.66 Å². The van der Waals surface area contributed by atoms with Gasteiger partial charge in [0.15, 0.2) is 0 Å². The molecule has 2 amide bonds. The number of aromatic nitrogens is 2. The molecule has 30 heavy (non-hydrogen) atoms. The van der Waals surface area contributed by atoms with Gasteiger partial charge in [-0.05, 0) is 36.4 Å². The molecule has 0 aliphatic carbocycles. The monoisotopic (exact) mass is 442 g/mol. The number of rotatable bonds is 6. The summed E-state index contributed by atoms with van der Waals surface area (Å²) in [6.45, 7) is 0.105. The van der Waals surface area contributed by atoms with Crippen LogP contribution in [0.15, 0.2) is 63.6 Å². The van der Waals surface area contributed by atoms with Crippen molar-refractivity contribution in [2.75, 3.05) is 12.0 Å².